The van der Waals surface area contributed by atoms with Gasteiger partial charge in [-0.15, -0.1) is 0 Å². The van der Waals surface area contributed by atoms with Gasteiger partial charge in [0.25, 0.3) is 0 Å². The molecular formula is C7H21NSn2. The van der Waals surface area contributed by atoms with E-state index in [1.165, 1.54) is 0 Å². The van der Waals surface area contributed by atoms with Gasteiger partial charge >= 0.3 is 75.3 Å². The van der Waals surface area contributed by atoms with E-state index in [0.29, 0.717) is 0 Å². The second kappa shape index (κ2) is 3.52. The number of rotatable bonds is 2. The van der Waals surface area contributed by atoms with Crippen LogP contribution in [0.2, 0.25) is 29.6 Å². The van der Waals surface area contributed by atoms with Crippen molar-refractivity contribution in [3.8, 4) is 0 Å². The monoisotopic (exact) mass is 359 g/mol. The zero-order valence-electron chi connectivity index (χ0n) is 8.45. The third-order valence-electron chi connectivity index (χ3n) is 2.01. The summed E-state index contributed by atoms with van der Waals surface area (Å²) in [4.78, 5) is 15.0. The molecule has 0 saturated carbocycles. The van der Waals surface area contributed by atoms with Gasteiger partial charge in [-0.25, -0.2) is 0 Å². The zero-order chi connectivity index (χ0) is 8.58. The van der Waals surface area contributed by atoms with Gasteiger partial charge in [-0.2, -0.15) is 0 Å². The first-order valence-corrected chi connectivity index (χ1v) is 23.6. The molecule has 0 aliphatic carbocycles. The number of hydrogen-bond donors (Lipinski definition) is 0. The Labute approximate surface area is 74.6 Å². The molecule has 10 heavy (non-hydrogen) atoms. The first-order valence-electron chi connectivity index (χ1n) is 3.89. The molecule has 0 heterocycles. The molecule has 3 heteroatoms. The van der Waals surface area contributed by atoms with Gasteiger partial charge < -0.3 is 0 Å². The van der Waals surface area contributed by atoms with Gasteiger partial charge in [-0.3, -0.25) is 0 Å². The van der Waals surface area contributed by atoms with Crippen LogP contribution in [-0.2, 0) is 0 Å². The van der Waals surface area contributed by atoms with Crippen LogP contribution < -0.4 is 0 Å². The molecule has 0 radical (unpaired) electrons. The van der Waals surface area contributed by atoms with Crippen molar-refractivity contribution in [1.29, 1.82) is 0 Å². The first-order chi connectivity index (χ1) is 4.15. The van der Waals surface area contributed by atoms with Crippen molar-refractivity contribution in [2.45, 2.75) is 29.6 Å². The third-order valence-corrected chi connectivity index (χ3v) is 39.2. The average molecular weight is 357 g/mol. The van der Waals surface area contributed by atoms with E-state index in [1.54, 1.807) is 0 Å². The van der Waals surface area contributed by atoms with Gasteiger partial charge in [0.1, 0.15) is 0 Å². The molecule has 0 aliphatic heterocycles. The Bertz CT molecular complexity index is 95.8. The standard InChI is InChI=1S/CH3N.6CH3.2Sn/c1-2;;;;;;;;/h1H3;6*1H3;;. The number of hydrogen-bond acceptors (Lipinski definition) is 1. The molecule has 62 valence electrons. The van der Waals surface area contributed by atoms with E-state index in [1.807, 2.05) is 0 Å². The van der Waals surface area contributed by atoms with E-state index in [9.17, 15) is 0 Å². The maximum atomic E-state index is 2.80. The van der Waals surface area contributed by atoms with Crippen LogP contribution in [0.5, 0.6) is 0 Å². The zero-order valence-corrected chi connectivity index (χ0v) is 14.2. The van der Waals surface area contributed by atoms with Gasteiger partial charge in [-0.1, -0.05) is 0 Å². The summed E-state index contributed by atoms with van der Waals surface area (Å²) in [5.41, 5.74) is 0. The molecule has 0 unspecified atom stereocenters. The van der Waals surface area contributed by atoms with E-state index in [2.05, 4.69) is 38.0 Å². The van der Waals surface area contributed by atoms with Crippen LogP contribution in [0.3, 0.4) is 0 Å². The van der Waals surface area contributed by atoms with Crippen molar-refractivity contribution in [1.82, 2.24) is 1.34 Å². The Morgan fingerprint density at radius 2 is 0.900 bits per heavy atom. The fourth-order valence-corrected chi connectivity index (χ4v) is 45.3. The summed E-state index contributed by atoms with van der Waals surface area (Å²) in [5, 5.41) is 0. The topological polar surface area (TPSA) is 3.24 Å². The van der Waals surface area contributed by atoms with Crippen molar-refractivity contribution >= 4 is 37.3 Å². The Balaban J connectivity index is 4.23. The van der Waals surface area contributed by atoms with Gasteiger partial charge in [0, 0.05) is 0 Å². The average Bonchev–Trinajstić information content (AvgIpc) is 1.59. The van der Waals surface area contributed by atoms with Crippen molar-refractivity contribution in [2.75, 3.05) is 7.05 Å². The van der Waals surface area contributed by atoms with Gasteiger partial charge in [0.2, 0.25) is 0 Å². The summed E-state index contributed by atoms with van der Waals surface area (Å²) < 4.78 is 2.80. The Morgan fingerprint density at radius 3 is 0.900 bits per heavy atom. The molecule has 0 amide bonds. The quantitative estimate of drug-likeness (QED) is 0.688. The molecule has 0 spiro atoms. The summed E-state index contributed by atoms with van der Waals surface area (Å²) in [5.74, 6) is 0. The van der Waals surface area contributed by atoms with Crippen LogP contribution in [0.4, 0.5) is 0 Å². The minimum absolute atomic E-state index is 1.65. The van der Waals surface area contributed by atoms with E-state index >= 15 is 0 Å². The summed E-state index contributed by atoms with van der Waals surface area (Å²) in [6, 6.07) is 0. The molecule has 0 saturated heterocycles. The molecular weight excluding hydrogens is 336 g/mol. The summed E-state index contributed by atoms with van der Waals surface area (Å²) in [6.07, 6.45) is 0. The van der Waals surface area contributed by atoms with Crippen molar-refractivity contribution in [3.63, 3.8) is 0 Å². The van der Waals surface area contributed by atoms with E-state index in [0.717, 1.165) is 0 Å². The van der Waals surface area contributed by atoms with E-state index in [-0.39, 0.29) is 0 Å². The second-order valence-electron chi connectivity index (χ2n) is 4.90. The number of nitrogens with zero attached hydrogens (tertiary/aromatic N) is 1. The van der Waals surface area contributed by atoms with Crippen LogP contribution in [0.1, 0.15) is 0 Å². The second-order valence-corrected chi connectivity index (χ2v) is 37.2. The van der Waals surface area contributed by atoms with Crippen molar-refractivity contribution in [3.05, 3.63) is 0 Å². The summed E-state index contributed by atoms with van der Waals surface area (Å²) in [6.45, 7) is 0. The molecule has 0 bridgehead atoms. The summed E-state index contributed by atoms with van der Waals surface area (Å²) in [7, 11) is 2.35. The maximum absolute atomic E-state index is 2.80. The molecule has 0 aliphatic rings. The molecule has 0 rings (SSSR count). The van der Waals surface area contributed by atoms with Crippen molar-refractivity contribution in [2.24, 2.45) is 0 Å². The van der Waals surface area contributed by atoms with Crippen LogP contribution in [0.25, 0.3) is 0 Å². The van der Waals surface area contributed by atoms with Gasteiger partial charge in [0.05, 0.1) is 0 Å². The predicted octanol–water partition coefficient (Wildman–Crippen LogP) is 2.59. The van der Waals surface area contributed by atoms with Gasteiger partial charge in [0.15, 0.2) is 0 Å². The predicted molar refractivity (Wildman–Crippen MR) is 54.5 cm³/mol. The molecule has 0 atom stereocenters. The minimum atomic E-state index is -1.65. The van der Waals surface area contributed by atoms with Crippen LogP contribution in [0, 0.1) is 0 Å². The Morgan fingerprint density at radius 1 is 0.700 bits per heavy atom. The van der Waals surface area contributed by atoms with Crippen LogP contribution >= 0.6 is 0 Å². The SMILES string of the molecule is C[N]([Sn]([CH3])([CH3])[CH3])[Sn]([CH3])([CH3])[CH3]. The van der Waals surface area contributed by atoms with Crippen molar-refractivity contribution < 1.29 is 0 Å². The third kappa shape index (κ3) is 3.81. The first kappa shape index (κ1) is 11.6. The summed E-state index contributed by atoms with van der Waals surface area (Å²) >= 11 is -3.31. The Hall–Kier alpha value is 1.56. The molecule has 0 aromatic rings. The van der Waals surface area contributed by atoms with Gasteiger partial charge in [-0.05, 0) is 0 Å². The Kier molecular flexibility index (Phi) is 4.07. The molecule has 1 nitrogen and oxygen atoms in total. The normalized spacial score (nSPS) is 14.4. The fraction of sp³-hybridized carbons (Fsp3) is 1.00. The molecule has 0 aromatic heterocycles. The van der Waals surface area contributed by atoms with E-state index < -0.39 is 37.3 Å². The molecule has 0 fully saturated rings. The molecule has 0 aromatic carbocycles. The van der Waals surface area contributed by atoms with Crippen LogP contribution in [-0.4, -0.2) is 45.7 Å². The fourth-order valence-electron chi connectivity index (χ4n) is 1.01. The van der Waals surface area contributed by atoms with Crippen LogP contribution in [0.15, 0.2) is 0 Å². The van der Waals surface area contributed by atoms with E-state index in [4.69, 9.17) is 0 Å². The molecule has 0 N–H and O–H groups in total.